The molecule has 2 heterocycles. The van der Waals surface area contributed by atoms with Crippen LogP contribution < -0.4 is 10.1 Å². The second kappa shape index (κ2) is 4.67. The van der Waals surface area contributed by atoms with Gasteiger partial charge >= 0.3 is 0 Å². The Bertz CT molecular complexity index is 509. The van der Waals surface area contributed by atoms with Gasteiger partial charge in [0, 0.05) is 6.54 Å². The van der Waals surface area contributed by atoms with Crippen molar-refractivity contribution in [2.75, 3.05) is 13.1 Å². The predicted octanol–water partition coefficient (Wildman–Crippen LogP) is 1.76. The molecule has 1 aliphatic rings. The van der Waals surface area contributed by atoms with Gasteiger partial charge in [0.15, 0.2) is 0 Å². The molecule has 4 heteroatoms. The predicted molar refractivity (Wildman–Crippen MR) is 66.1 cm³/mol. The molecule has 0 saturated carbocycles. The van der Waals surface area contributed by atoms with Crippen LogP contribution in [0.25, 0.3) is 11.0 Å². The van der Waals surface area contributed by atoms with Crippen molar-refractivity contribution in [3.05, 3.63) is 30.5 Å². The fourth-order valence-electron chi connectivity index (χ4n) is 2.09. The van der Waals surface area contributed by atoms with E-state index in [0.29, 0.717) is 5.88 Å². The van der Waals surface area contributed by atoms with E-state index in [1.54, 1.807) is 6.20 Å². The first-order valence-corrected chi connectivity index (χ1v) is 6.01. The molecule has 4 nitrogen and oxygen atoms in total. The Morgan fingerprint density at radius 1 is 1.24 bits per heavy atom. The van der Waals surface area contributed by atoms with Crippen LogP contribution in [0.1, 0.15) is 12.8 Å². The Morgan fingerprint density at radius 3 is 2.94 bits per heavy atom. The molecular weight excluding hydrogens is 214 g/mol. The van der Waals surface area contributed by atoms with Crippen molar-refractivity contribution >= 4 is 11.0 Å². The zero-order valence-corrected chi connectivity index (χ0v) is 9.60. The van der Waals surface area contributed by atoms with Crippen molar-refractivity contribution in [2.24, 2.45) is 0 Å². The third-order valence-electron chi connectivity index (χ3n) is 2.97. The van der Waals surface area contributed by atoms with Gasteiger partial charge in [-0.25, -0.2) is 9.97 Å². The molecule has 1 aromatic carbocycles. The lowest BCUT2D eigenvalue weighted by atomic mass is 10.1. The molecule has 1 N–H and O–H groups in total. The first kappa shape index (κ1) is 10.5. The lowest BCUT2D eigenvalue weighted by molar-refractivity contribution is 0.160. The van der Waals surface area contributed by atoms with E-state index in [-0.39, 0.29) is 6.10 Å². The van der Waals surface area contributed by atoms with Gasteiger partial charge in [0.2, 0.25) is 5.88 Å². The summed E-state index contributed by atoms with van der Waals surface area (Å²) in [6.07, 6.45) is 4.17. The van der Waals surface area contributed by atoms with Crippen molar-refractivity contribution < 1.29 is 4.74 Å². The Labute approximate surface area is 100 Å². The summed E-state index contributed by atoms with van der Waals surface area (Å²) in [4.78, 5) is 8.80. The molecule has 0 spiro atoms. The van der Waals surface area contributed by atoms with Gasteiger partial charge in [-0.2, -0.15) is 0 Å². The number of piperidine rings is 1. The minimum atomic E-state index is 0.221. The van der Waals surface area contributed by atoms with Gasteiger partial charge in [0.05, 0.1) is 17.2 Å². The number of nitrogens with zero attached hydrogens (tertiary/aromatic N) is 2. The van der Waals surface area contributed by atoms with Crippen LogP contribution in [0.15, 0.2) is 30.5 Å². The van der Waals surface area contributed by atoms with Crippen LogP contribution in [-0.4, -0.2) is 29.2 Å². The van der Waals surface area contributed by atoms with Gasteiger partial charge in [0.25, 0.3) is 0 Å². The molecule has 88 valence electrons. The van der Waals surface area contributed by atoms with Crippen LogP contribution in [0, 0.1) is 0 Å². The summed E-state index contributed by atoms with van der Waals surface area (Å²) in [5.41, 5.74) is 1.79. The molecule has 1 atom stereocenters. The van der Waals surface area contributed by atoms with Gasteiger partial charge < -0.3 is 10.1 Å². The van der Waals surface area contributed by atoms with E-state index in [4.69, 9.17) is 4.74 Å². The highest BCUT2D eigenvalue weighted by Crippen LogP contribution is 2.16. The number of fused-ring (bicyclic) bond motifs is 1. The van der Waals surface area contributed by atoms with Crippen molar-refractivity contribution in [3.63, 3.8) is 0 Å². The average molecular weight is 229 g/mol. The number of hydrogen-bond acceptors (Lipinski definition) is 4. The first-order valence-electron chi connectivity index (χ1n) is 6.01. The topological polar surface area (TPSA) is 47.0 Å². The number of para-hydroxylation sites is 2. The fourth-order valence-corrected chi connectivity index (χ4v) is 2.09. The SMILES string of the molecule is c1ccc2nc(O[C@H]3CCCNC3)cnc2c1. The van der Waals surface area contributed by atoms with Gasteiger partial charge in [0.1, 0.15) is 6.10 Å². The number of rotatable bonds is 2. The summed E-state index contributed by atoms with van der Waals surface area (Å²) in [6, 6.07) is 7.83. The van der Waals surface area contributed by atoms with Crippen molar-refractivity contribution in [2.45, 2.75) is 18.9 Å². The van der Waals surface area contributed by atoms with E-state index in [2.05, 4.69) is 15.3 Å². The molecule has 17 heavy (non-hydrogen) atoms. The minimum Gasteiger partial charge on any atom is -0.472 e. The monoisotopic (exact) mass is 229 g/mol. The van der Waals surface area contributed by atoms with E-state index in [1.807, 2.05) is 24.3 Å². The number of nitrogens with one attached hydrogen (secondary N) is 1. The number of ether oxygens (including phenoxy) is 1. The number of hydrogen-bond donors (Lipinski definition) is 1. The number of aromatic nitrogens is 2. The molecule has 0 unspecified atom stereocenters. The molecule has 2 aromatic rings. The van der Waals surface area contributed by atoms with Crippen LogP contribution in [0.3, 0.4) is 0 Å². The van der Waals surface area contributed by atoms with Crippen molar-refractivity contribution in [1.82, 2.24) is 15.3 Å². The largest absolute Gasteiger partial charge is 0.472 e. The second-order valence-electron chi connectivity index (χ2n) is 4.28. The molecule has 1 aliphatic heterocycles. The molecule has 0 amide bonds. The van der Waals surface area contributed by atoms with E-state index in [1.165, 1.54) is 0 Å². The zero-order chi connectivity index (χ0) is 11.5. The summed E-state index contributed by atoms with van der Waals surface area (Å²) < 4.78 is 5.83. The van der Waals surface area contributed by atoms with E-state index >= 15 is 0 Å². The molecule has 1 aromatic heterocycles. The summed E-state index contributed by atoms with van der Waals surface area (Å²) in [5.74, 6) is 0.623. The van der Waals surface area contributed by atoms with Gasteiger partial charge in [-0.3, -0.25) is 0 Å². The third-order valence-corrected chi connectivity index (χ3v) is 2.97. The van der Waals surface area contributed by atoms with Gasteiger partial charge in [-0.05, 0) is 31.5 Å². The van der Waals surface area contributed by atoms with Gasteiger partial charge in [-0.1, -0.05) is 12.1 Å². The molecule has 0 radical (unpaired) electrons. The normalized spacial score (nSPS) is 20.4. The quantitative estimate of drug-likeness (QED) is 0.852. The van der Waals surface area contributed by atoms with E-state index in [0.717, 1.165) is 37.0 Å². The molecule has 1 saturated heterocycles. The molecular formula is C13H15N3O. The first-order chi connectivity index (χ1) is 8.42. The van der Waals surface area contributed by atoms with Gasteiger partial charge in [-0.15, -0.1) is 0 Å². The Morgan fingerprint density at radius 2 is 2.12 bits per heavy atom. The molecule has 3 rings (SSSR count). The minimum absolute atomic E-state index is 0.221. The third kappa shape index (κ3) is 2.36. The highest BCUT2D eigenvalue weighted by atomic mass is 16.5. The van der Waals surface area contributed by atoms with E-state index < -0.39 is 0 Å². The molecule has 1 fully saturated rings. The van der Waals surface area contributed by atoms with E-state index in [9.17, 15) is 0 Å². The van der Waals surface area contributed by atoms with Crippen molar-refractivity contribution in [3.8, 4) is 5.88 Å². The highest BCUT2D eigenvalue weighted by Gasteiger charge is 2.15. The number of benzene rings is 1. The van der Waals surface area contributed by atoms with Crippen LogP contribution in [0.2, 0.25) is 0 Å². The molecule has 0 aliphatic carbocycles. The lowest BCUT2D eigenvalue weighted by Gasteiger charge is -2.23. The summed E-state index contributed by atoms with van der Waals surface area (Å²) >= 11 is 0. The average Bonchev–Trinajstić information content (AvgIpc) is 2.40. The Hall–Kier alpha value is -1.68. The smallest absolute Gasteiger partial charge is 0.233 e. The van der Waals surface area contributed by atoms with Crippen LogP contribution in [-0.2, 0) is 0 Å². The maximum atomic E-state index is 5.83. The Kier molecular flexibility index (Phi) is 2.88. The van der Waals surface area contributed by atoms with Crippen molar-refractivity contribution in [1.29, 1.82) is 0 Å². The maximum Gasteiger partial charge on any atom is 0.233 e. The zero-order valence-electron chi connectivity index (χ0n) is 9.60. The second-order valence-corrected chi connectivity index (χ2v) is 4.28. The maximum absolute atomic E-state index is 5.83. The molecule has 0 bridgehead atoms. The standard InChI is InChI=1S/C13H15N3O/c1-2-6-12-11(5-1)15-9-13(16-12)17-10-4-3-7-14-8-10/h1-2,5-6,9-10,14H,3-4,7-8H2/t10-/m0/s1. The fraction of sp³-hybridized carbons (Fsp3) is 0.385. The Balaban J connectivity index is 1.80. The lowest BCUT2D eigenvalue weighted by Crippen LogP contribution is -2.37. The summed E-state index contributed by atoms with van der Waals surface area (Å²) in [6.45, 7) is 1.98. The summed E-state index contributed by atoms with van der Waals surface area (Å²) in [7, 11) is 0. The highest BCUT2D eigenvalue weighted by molar-refractivity contribution is 5.73. The van der Waals surface area contributed by atoms with Crippen LogP contribution in [0.4, 0.5) is 0 Å². The van der Waals surface area contributed by atoms with Crippen LogP contribution >= 0.6 is 0 Å². The van der Waals surface area contributed by atoms with Crippen LogP contribution in [0.5, 0.6) is 5.88 Å². The summed E-state index contributed by atoms with van der Waals surface area (Å²) in [5, 5.41) is 3.32.